The molecule has 0 bridgehead atoms. The van der Waals surface area contributed by atoms with E-state index in [1.807, 2.05) is 12.1 Å². The van der Waals surface area contributed by atoms with Crippen LogP contribution in [-0.4, -0.2) is 6.54 Å². The van der Waals surface area contributed by atoms with Crippen LogP contribution in [0.25, 0.3) is 0 Å². The molecule has 1 heterocycles. The van der Waals surface area contributed by atoms with E-state index in [1.54, 1.807) is 0 Å². The summed E-state index contributed by atoms with van der Waals surface area (Å²) in [4.78, 5) is 0. The summed E-state index contributed by atoms with van der Waals surface area (Å²) >= 11 is 6.88. The number of benzene rings is 1. The first kappa shape index (κ1) is 13.8. The van der Waals surface area contributed by atoms with Gasteiger partial charge in [-0.3, -0.25) is 0 Å². The first-order valence-electron chi connectivity index (χ1n) is 5.86. The summed E-state index contributed by atoms with van der Waals surface area (Å²) in [6.07, 6.45) is 0. The van der Waals surface area contributed by atoms with E-state index in [1.165, 1.54) is 11.1 Å². The molecule has 0 aliphatic rings. The molecule has 96 valence electrons. The highest BCUT2D eigenvalue weighted by Gasteiger charge is 2.18. The standard InChI is InChI=1S/C14H15Br2NO/c1-3-17-14(12-6-7-13(16)18-12)11-8-10(15)5-4-9(11)2/h4-8,14,17H,3H2,1-2H3. The van der Waals surface area contributed by atoms with Crippen molar-refractivity contribution in [1.29, 1.82) is 0 Å². The molecule has 0 amide bonds. The third-order valence-electron chi connectivity index (χ3n) is 2.84. The van der Waals surface area contributed by atoms with Crippen LogP contribution in [0, 0.1) is 6.92 Å². The van der Waals surface area contributed by atoms with Crippen molar-refractivity contribution in [1.82, 2.24) is 5.32 Å². The second-order valence-electron chi connectivity index (χ2n) is 4.13. The normalized spacial score (nSPS) is 12.7. The first-order valence-corrected chi connectivity index (χ1v) is 7.45. The van der Waals surface area contributed by atoms with Crippen molar-refractivity contribution >= 4 is 31.9 Å². The summed E-state index contributed by atoms with van der Waals surface area (Å²) in [5, 5.41) is 3.46. The van der Waals surface area contributed by atoms with Crippen LogP contribution in [-0.2, 0) is 0 Å². The van der Waals surface area contributed by atoms with E-state index >= 15 is 0 Å². The molecular weight excluding hydrogens is 358 g/mol. The largest absolute Gasteiger partial charge is 0.452 e. The molecule has 1 atom stereocenters. The number of rotatable bonds is 4. The van der Waals surface area contributed by atoms with Gasteiger partial charge in [-0.1, -0.05) is 28.9 Å². The van der Waals surface area contributed by atoms with Gasteiger partial charge in [0, 0.05) is 4.47 Å². The third kappa shape index (κ3) is 3.05. The summed E-state index contributed by atoms with van der Waals surface area (Å²) < 4.78 is 7.52. The van der Waals surface area contributed by atoms with Crippen LogP contribution in [0.1, 0.15) is 29.9 Å². The highest BCUT2D eigenvalue weighted by molar-refractivity contribution is 9.10. The second kappa shape index (κ2) is 6.04. The van der Waals surface area contributed by atoms with Gasteiger partial charge in [-0.2, -0.15) is 0 Å². The first-order chi connectivity index (χ1) is 8.61. The molecule has 1 aromatic heterocycles. The van der Waals surface area contributed by atoms with Crippen molar-refractivity contribution in [2.45, 2.75) is 19.9 Å². The molecule has 2 aromatic rings. The molecule has 0 spiro atoms. The van der Waals surface area contributed by atoms with E-state index < -0.39 is 0 Å². The predicted octanol–water partition coefficient (Wildman–Crippen LogP) is 4.81. The molecule has 1 aromatic carbocycles. The maximum Gasteiger partial charge on any atom is 0.169 e. The lowest BCUT2D eigenvalue weighted by Gasteiger charge is -2.18. The van der Waals surface area contributed by atoms with Crippen LogP contribution >= 0.6 is 31.9 Å². The van der Waals surface area contributed by atoms with Crippen LogP contribution in [0.15, 0.2) is 43.9 Å². The molecule has 0 aliphatic carbocycles. The van der Waals surface area contributed by atoms with Gasteiger partial charge in [0.2, 0.25) is 0 Å². The molecule has 0 saturated carbocycles. The van der Waals surface area contributed by atoms with Crippen LogP contribution in [0.4, 0.5) is 0 Å². The third-order valence-corrected chi connectivity index (χ3v) is 3.76. The van der Waals surface area contributed by atoms with Gasteiger partial charge in [-0.15, -0.1) is 0 Å². The van der Waals surface area contributed by atoms with Crippen LogP contribution < -0.4 is 5.32 Å². The average molecular weight is 373 g/mol. The van der Waals surface area contributed by atoms with Crippen molar-refractivity contribution in [3.63, 3.8) is 0 Å². The Morgan fingerprint density at radius 3 is 2.61 bits per heavy atom. The van der Waals surface area contributed by atoms with Gasteiger partial charge in [0.05, 0.1) is 6.04 Å². The monoisotopic (exact) mass is 371 g/mol. The summed E-state index contributed by atoms with van der Waals surface area (Å²) in [5.41, 5.74) is 2.48. The Hall–Kier alpha value is -0.580. The van der Waals surface area contributed by atoms with E-state index in [9.17, 15) is 0 Å². The minimum atomic E-state index is 0.0822. The number of hydrogen-bond acceptors (Lipinski definition) is 2. The average Bonchev–Trinajstić information content (AvgIpc) is 2.76. The molecule has 0 saturated heterocycles. The van der Waals surface area contributed by atoms with Gasteiger partial charge in [0.1, 0.15) is 5.76 Å². The quantitative estimate of drug-likeness (QED) is 0.832. The van der Waals surface area contributed by atoms with Crippen LogP contribution in [0.5, 0.6) is 0 Å². The topological polar surface area (TPSA) is 25.2 Å². The summed E-state index contributed by atoms with van der Waals surface area (Å²) in [6.45, 7) is 5.09. The van der Waals surface area contributed by atoms with E-state index in [0.717, 1.165) is 21.4 Å². The Kier molecular flexibility index (Phi) is 4.65. The fraction of sp³-hybridized carbons (Fsp3) is 0.286. The Morgan fingerprint density at radius 2 is 2.00 bits per heavy atom. The molecular formula is C14H15Br2NO. The molecule has 0 fully saturated rings. The molecule has 0 aliphatic heterocycles. The Balaban J connectivity index is 2.44. The lowest BCUT2D eigenvalue weighted by atomic mass is 9.99. The molecule has 2 nitrogen and oxygen atoms in total. The fourth-order valence-electron chi connectivity index (χ4n) is 1.97. The second-order valence-corrected chi connectivity index (χ2v) is 5.83. The highest BCUT2D eigenvalue weighted by atomic mass is 79.9. The van der Waals surface area contributed by atoms with Crippen LogP contribution in [0.3, 0.4) is 0 Å². The number of nitrogens with one attached hydrogen (secondary N) is 1. The summed E-state index contributed by atoms with van der Waals surface area (Å²) in [6, 6.07) is 10.3. The Bertz CT molecular complexity index is 536. The highest BCUT2D eigenvalue weighted by Crippen LogP contribution is 2.29. The zero-order valence-electron chi connectivity index (χ0n) is 10.3. The summed E-state index contributed by atoms with van der Waals surface area (Å²) in [7, 11) is 0. The van der Waals surface area contributed by atoms with Crippen molar-refractivity contribution in [3.05, 3.63) is 56.4 Å². The van der Waals surface area contributed by atoms with Gasteiger partial charge in [-0.05, 0) is 64.8 Å². The minimum Gasteiger partial charge on any atom is -0.452 e. The molecule has 0 radical (unpaired) electrons. The number of aryl methyl sites for hydroxylation is 1. The summed E-state index contributed by atoms with van der Waals surface area (Å²) in [5.74, 6) is 0.921. The van der Waals surface area contributed by atoms with E-state index in [2.05, 4.69) is 69.2 Å². The lowest BCUT2D eigenvalue weighted by molar-refractivity contribution is 0.437. The van der Waals surface area contributed by atoms with Gasteiger partial charge < -0.3 is 9.73 Å². The van der Waals surface area contributed by atoms with Gasteiger partial charge >= 0.3 is 0 Å². The van der Waals surface area contributed by atoms with E-state index in [0.29, 0.717) is 0 Å². The van der Waals surface area contributed by atoms with E-state index in [-0.39, 0.29) is 6.04 Å². The lowest BCUT2D eigenvalue weighted by Crippen LogP contribution is -2.22. The molecule has 1 unspecified atom stereocenters. The van der Waals surface area contributed by atoms with Crippen molar-refractivity contribution in [2.75, 3.05) is 6.54 Å². The molecule has 2 rings (SSSR count). The smallest absolute Gasteiger partial charge is 0.169 e. The molecule has 18 heavy (non-hydrogen) atoms. The number of furan rings is 1. The SMILES string of the molecule is CCNC(c1ccc(Br)o1)c1cc(Br)ccc1C. The molecule has 1 N–H and O–H groups in total. The zero-order chi connectivity index (χ0) is 13.1. The number of halogens is 2. The van der Waals surface area contributed by atoms with Crippen molar-refractivity contribution in [3.8, 4) is 0 Å². The van der Waals surface area contributed by atoms with Gasteiger partial charge in [-0.25, -0.2) is 0 Å². The number of hydrogen-bond donors (Lipinski definition) is 1. The van der Waals surface area contributed by atoms with Gasteiger partial charge in [0.15, 0.2) is 4.67 Å². The minimum absolute atomic E-state index is 0.0822. The maximum absolute atomic E-state index is 5.69. The van der Waals surface area contributed by atoms with Crippen molar-refractivity contribution < 1.29 is 4.42 Å². The molecule has 4 heteroatoms. The maximum atomic E-state index is 5.69. The predicted molar refractivity (Wildman–Crippen MR) is 80.8 cm³/mol. The Labute approximate surface area is 124 Å². The van der Waals surface area contributed by atoms with Crippen LogP contribution in [0.2, 0.25) is 0 Å². The van der Waals surface area contributed by atoms with E-state index in [4.69, 9.17) is 4.42 Å². The van der Waals surface area contributed by atoms with Crippen molar-refractivity contribution in [2.24, 2.45) is 0 Å². The fourth-order valence-corrected chi connectivity index (χ4v) is 2.67. The van der Waals surface area contributed by atoms with Gasteiger partial charge in [0.25, 0.3) is 0 Å². The Morgan fingerprint density at radius 1 is 1.22 bits per heavy atom. The zero-order valence-corrected chi connectivity index (χ0v) is 13.5.